The van der Waals surface area contributed by atoms with Gasteiger partial charge in [-0.25, -0.2) is 0 Å². The van der Waals surface area contributed by atoms with E-state index in [1.54, 1.807) is 0 Å². The number of hydrogen-bond acceptors (Lipinski definition) is 0. The lowest BCUT2D eigenvalue weighted by Gasteiger charge is -2.02. The van der Waals surface area contributed by atoms with Crippen molar-refractivity contribution >= 4 is 34.7 Å². The molecule has 1 aromatic heterocycles. The van der Waals surface area contributed by atoms with Gasteiger partial charge >= 0.3 is 0 Å². The topological polar surface area (TPSA) is 15.8 Å². The fourth-order valence-corrected chi connectivity index (χ4v) is 3.14. The van der Waals surface area contributed by atoms with Crippen LogP contribution >= 0.6 is 11.6 Å². The van der Waals surface area contributed by atoms with Crippen LogP contribution in [0.5, 0.6) is 0 Å². The maximum atomic E-state index is 6.23. The van der Waals surface area contributed by atoms with Crippen LogP contribution in [0.4, 0.5) is 0 Å². The lowest BCUT2D eigenvalue weighted by Crippen LogP contribution is -1.80. The first-order valence-electron chi connectivity index (χ1n) is 7.91. The number of rotatable bonds is 3. The molecule has 0 fully saturated rings. The smallest absolute Gasteiger partial charge is 0.0471 e. The van der Waals surface area contributed by atoms with Gasteiger partial charge in [0.1, 0.15) is 0 Å². The quantitative estimate of drug-likeness (QED) is 0.432. The van der Waals surface area contributed by atoms with Crippen molar-refractivity contribution in [1.29, 1.82) is 0 Å². The van der Waals surface area contributed by atoms with E-state index in [2.05, 4.69) is 53.5 Å². The van der Waals surface area contributed by atoms with Crippen LogP contribution in [0.15, 0.2) is 78.9 Å². The second-order valence-electron chi connectivity index (χ2n) is 5.71. The number of nitrogens with one attached hydrogen (secondary N) is 1. The first-order valence-corrected chi connectivity index (χ1v) is 8.29. The highest BCUT2D eigenvalue weighted by molar-refractivity contribution is 6.31. The molecule has 4 rings (SSSR count). The summed E-state index contributed by atoms with van der Waals surface area (Å²) in [6.45, 7) is 0. The van der Waals surface area contributed by atoms with E-state index >= 15 is 0 Å². The Balaban J connectivity index is 1.90. The molecule has 0 atom stereocenters. The molecule has 3 aromatic carbocycles. The Morgan fingerprint density at radius 3 is 2.21 bits per heavy atom. The highest BCUT2D eigenvalue weighted by Gasteiger charge is 2.11. The standard InChI is InChI=1S/C22H16ClN/c23-18-12-14-20-19(15-18)22(17-9-5-2-6-10-17)21(24-20)13-11-16-7-3-1-4-8-16/h1-15,24H. The summed E-state index contributed by atoms with van der Waals surface area (Å²) >= 11 is 6.23. The zero-order chi connectivity index (χ0) is 16.4. The van der Waals surface area contributed by atoms with Crippen LogP contribution in [-0.4, -0.2) is 4.98 Å². The van der Waals surface area contributed by atoms with E-state index in [1.165, 1.54) is 16.7 Å². The maximum absolute atomic E-state index is 6.23. The van der Waals surface area contributed by atoms with Crippen LogP contribution in [0.2, 0.25) is 5.02 Å². The average molecular weight is 330 g/mol. The molecule has 0 aliphatic heterocycles. The Labute approximate surface area is 146 Å². The monoisotopic (exact) mass is 329 g/mol. The van der Waals surface area contributed by atoms with Crippen molar-refractivity contribution in [3.05, 3.63) is 95.1 Å². The number of halogens is 1. The summed E-state index contributed by atoms with van der Waals surface area (Å²) in [6.07, 6.45) is 4.25. The van der Waals surface area contributed by atoms with Crippen molar-refractivity contribution in [1.82, 2.24) is 4.98 Å². The summed E-state index contributed by atoms with van der Waals surface area (Å²) in [5, 5.41) is 1.89. The Kier molecular flexibility index (Phi) is 3.94. The van der Waals surface area contributed by atoms with Gasteiger partial charge in [0.15, 0.2) is 0 Å². The zero-order valence-corrected chi connectivity index (χ0v) is 13.8. The fraction of sp³-hybridized carbons (Fsp3) is 0. The van der Waals surface area contributed by atoms with Crippen LogP contribution in [0, 0.1) is 0 Å². The van der Waals surface area contributed by atoms with Crippen LogP contribution in [0.1, 0.15) is 11.3 Å². The molecule has 0 bridgehead atoms. The summed E-state index contributed by atoms with van der Waals surface area (Å²) in [7, 11) is 0. The predicted molar refractivity (Wildman–Crippen MR) is 104 cm³/mol. The molecule has 0 spiro atoms. The van der Waals surface area contributed by atoms with Crippen molar-refractivity contribution in [3.8, 4) is 11.1 Å². The minimum absolute atomic E-state index is 0.747. The molecule has 0 aliphatic carbocycles. The Morgan fingerprint density at radius 1 is 0.750 bits per heavy atom. The second-order valence-corrected chi connectivity index (χ2v) is 6.15. The van der Waals surface area contributed by atoms with E-state index in [0.29, 0.717) is 0 Å². The first-order chi connectivity index (χ1) is 11.8. The maximum Gasteiger partial charge on any atom is 0.0471 e. The molecule has 0 saturated heterocycles. The van der Waals surface area contributed by atoms with Crippen LogP contribution < -0.4 is 0 Å². The van der Waals surface area contributed by atoms with E-state index in [1.807, 2.05) is 42.5 Å². The summed E-state index contributed by atoms with van der Waals surface area (Å²) < 4.78 is 0. The minimum Gasteiger partial charge on any atom is -0.354 e. The molecule has 0 aliphatic rings. The molecule has 0 unspecified atom stereocenters. The van der Waals surface area contributed by atoms with E-state index in [4.69, 9.17) is 11.6 Å². The minimum atomic E-state index is 0.747. The number of H-pyrrole nitrogens is 1. The zero-order valence-electron chi connectivity index (χ0n) is 13.0. The van der Waals surface area contributed by atoms with Gasteiger partial charge in [0.2, 0.25) is 0 Å². The molecule has 24 heavy (non-hydrogen) atoms. The lowest BCUT2D eigenvalue weighted by molar-refractivity contribution is 1.43. The third kappa shape index (κ3) is 2.86. The number of fused-ring (bicyclic) bond motifs is 1. The predicted octanol–water partition coefficient (Wildman–Crippen LogP) is 6.66. The van der Waals surface area contributed by atoms with Gasteiger partial charge in [0, 0.05) is 27.2 Å². The Bertz CT molecular complexity index is 998. The summed E-state index contributed by atoms with van der Waals surface area (Å²) in [5.41, 5.74) is 5.71. The van der Waals surface area contributed by atoms with Crippen molar-refractivity contribution in [2.75, 3.05) is 0 Å². The average Bonchev–Trinajstić information content (AvgIpc) is 2.99. The molecule has 0 saturated carbocycles. The normalized spacial score (nSPS) is 11.4. The third-order valence-electron chi connectivity index (χ3n) is 4.09. The van der Waals surface area contributed by atoms with Crippen molar-refractivity contribution in [2.24, 2.45) is 0 Å². The number of hydrogen-bond donors (Lipinski definition) is 1. The molecule has 4 aromatic rings. The van der Waals surface area contributed by atoms with Gasteiger partial charge in [-0.1, -0.05) is 78.3 Å². The molecular weight excluding hydrogens is 314 g/mol. The van der Waals surface area contributed by atoms with Crippen LogP contribution in [0.3, 0.4) is 0 Å². The first kappa shape index (κ1) is 14.8. The van der Waals surface area contributed by atoms with E-state index in [0.717, 1.165) is 21.6 Å². The number of benzene rings is 3. The molecule has 1 heterocycles. The van der Waals surface area contributed by atoms with Crippen molar-refractivity contribution in [3.63, 3.8) is 0 Å². The van der Waals surface area contributed by atoms with Gasteiger partial charge in [-0.15, -0.1) is 0 Å². The van der Waals surface area contributed by atoms with E-state index in [-0.39, 0.29) is 0 Å². The molecule has 1 N–H and O–H groups in total. The fourth-order valence-electron chi connectivity index (χ4n) is 2.97. The summed E-state index contributed by atoms with van der Waals surface area (Å²) in [5.74, 6) is 0. The molecular formula is C22H16ClN. The molecule has 0 amide bonds. The van der Waals surface area contributed by atoms with Gasteiger partial charge in [-0.2, -0.15) is 0 Å². The van der Waals surface area contributed by atoms with Crippen molar-refractivity contribution in [2.45, 2.75) is 0 Å². The SMILES string of the molecule is Clc1ccc2[nH]c(C=Cc3ccccc3)c(-c3ccccc3)c2c1. The number of aromatic nitrogens is 1. The van der Waals surface area contributed by atoms with Gasteiger partial charge in [0.25, 0.3) is 0 Å². The lowest BCUT2D eigenvalue weighted by atomic mass is 10.0. The van der Waals surface area contributed by atoms with Crippen molar-refractivity contribution < 1.29 is 0 Å². The van der Waals surface area contributed by atoms with Gasteiger partial charge in [-0.05, 0) is 35.4 Å². The molecule has 2 heteroatoms. The largest absolute Gasteiger partial charge is 0.354 e. The highest BCUT2D eigenvalue weighted by Crippen LogP contribution is 2.34. The molecule has 0 radical (unpaired) electrons. The molecule has 116 valence electrons. The highest BCUT2D eigenvalue weighted by atomic mass is 35.5. The second kappa shape index (κ2) is 6.38. The third-order valence-corrected chi connectivity index (χ3v) is 4.33. The summed E-state index contributed by atoms with van der Waals surface area (Å²) in [6, 6.07) is 26.7. The van der Waals surface area contributed by atoms with Crippen LogP contribution in [-0.2, 0) is 0 Å². The van der Waals surface area contributed by atoms with Gasteiger partial charge in [0.05, 0.1) is 0 Å². The number of aromatic amines is 1. The Hall–Kier alpha value is -2.77. The van der Waals surface area contributed by atoms with E-state index in [9.17, 15) is 0 Å². The van der Waals surface area contributed by atoms with Crippen LogP contribution in [0.25, 0.3) is 34.2 Å². The summed E-state index contributed by atoms with van der Waals surface area (Å²) in [4.78, 5) is 3.51. The molecule has 1 nitrogen and oxygen atoms in total. The van der Waals surface area contributed by atoms with Gasteiger partial charge < -0.3 is 4.98 Å². The van der Waals surface area contributed by atoms with E-state index < -0.39 is 0 Å². The Morgan fingerprint density at radius 2 is 1.46 bits per heavy atom. The van der Waals surface area contributed by atoms with Gasteiger partial charge in [-0.3, -0.25) is 0 Å².